The van der Waals surface area contributed by atoms with Crippen LogP contribution in [0.15, 0.2) is 30.3 Å². The molecule has 0 heterocycles. The molecule has 158 valence electrons. The van der Waals surface area contributed by atoms with Gasteiger partial charge in [0.1, 0.15) is 6.61 Å². The van der Waals surface area contributed by atoms with Crippen molar-refractivity contribution < 1.29 is 33.0 Å². The van der Waals surface area contributed by atoms with Gasteiger partial charge in [-0.05, 0) is 33.3 Å². The number of carbonyl (C=O) groups is 2. The number of amides is 2. The van der Waals surface area contributed by atoms with Crippen LogP contribution in [0, 0.1) is 0 Å². The fourth-order valence-corrected chi connectivity index (χ4v) is 4.06. The Morgan fingerprint density at radius 3 is 2.21 bits per heavy atom. The van der Waals surface area contributed by atoms with Crippen molar-refractivity contribution >= 4 is 20.2 Å². The van der Waals surface area contributed by atoms with E-state index in [4.69, 9.17) is 13.8 Å². The Hall–Kier alpha value is -1.93. The molecule has 0 aliphatic rings. The van der Waals surface area contributed by atoms with Gasteiger partial charge >= 0.3 is 13.8 Å². The third kappa shape index (κ3) is 8.39. The van der Waals surface area contributed by atoms with E-state index in [0.29, 0.717) is 6.41 Å². The van der Waals surface area contributed by atoms with Gasteiger partial charge in [-0.2, -0.15) is 0 Å². The van der Waals surface area contributed by atoms with E-state index in [2.05, 4.69) is 5.32 Å². The summed E-state index contributed by atoms with van der Waals surface area (Å²) >= 11 is 0. The highest BCUT2D eigenvalue weighted by atomic mass is 31.2. The van der Waals surface area contributed by atoms with Crippen LogP contribution >= 0.6 is 7.75 Å². The van der Waals surface area contributed by atoms with Gasteiger partial charge in [0.2, 0.25) is 6.41 Å². The molecular formula is C18H29N2O7P. The minimum Gasteiger partial charge on any atom is -0.445 e. The van der Waals surface area contributed by atoms with Crippen LogP contribution < -0.4 is 5.32 Å². The summed E-state index contributed by atoms with van der Waals surface area (Å²) in [7, 11) is -3.95. The van der Waals surface area contributed by atoms with Gasteiger partial charge in [-0.25, -0.2) is 14.0 Å². The molecule has 9 nitrogen and oxygen atoms in total. The van der Waals surface area contributed by atoms with Crippen LogP contribution in [-0.2, 0) is 29.8 Å². The second-order valence-electron chi connectivity index (χ2n) is 6.59. The van der Waals surface area contributed by atoms with Crippen molar-refractivity contribution in [3.05, 3.63) is 35.9 Å². The molecule has 0 saturated carbocycles. The van der Waals surface area contributed by atoms with Gasteiger partial charge in [0, 0.05) is 0 Å². The summed E-state index contributed by atoms with van der Waals surface area (Å²) in [4.78, 5) is 23.5. The van der Waals surface area contributed by atoms with Crippen LogP contribution in [-0.4, -0.2) is 53.7 Å². The standard InChI is InChI=1S/C18H29N2O7P/c1-14(2)26-28(24,27-15(3)4)20(13-22)10-17(11-21)19-18(23)25-12-16-8-6-5-7-9-16/h5-9,13-15,17,21H,10-12H2,1-4H3,(H,19,23)/t17-/m0/s1. The fourth-order valence-electron chi connectivity index (χ4n) is 2.19. The zero-order chi connectivity index (χ0) is 21.2. The molecule has 1 aromatic rings. The van der Waals surface area contributed by atoms with Gasteiger partial charge in [0.05, 0.1) is 31.4 Å². The number of nitrogens with zero attached hydrogens (tertiary/aromatic N) is 1. The number of nitrogens with one attached hydrogen (secondary N) is 1. The summed E-state index contributed by atoms with van der Waals surface area (Å²) in [6, 6.07) is 8.15. The highest BCUT2D eigenvalue weighted by molar-refractivity contribution is 7.51. The summed E-state index contributed by atoms with van der Waals surface area (Å²) in [5.41, 5.74) is 0.799. The van der Waals surface area contributed by atoms with E-state index in [1.54, 1.807) is 39.8 Å². The molecule has 2 N–H and O–H groups in total. The molecule has 0 bridgehead atoms. The lowest BCUT2D eigenvalue weighted by Gasteiger charge is -2.31. The first kappa shape index (κ1) is 24.1. The highest BCUT2D eigenvalue weighted by Crippen LogP contribution is 2.53. The van der Waals surface area contributed by atoms with Crippen molar-refractivity contribution in [2.75, 3.05) is 13.2 Å². The molecule has 28 heavy (non-hydrogen) atoms. The van der Waals surface area contributed by atoms with Crippen molar-refractivity contribution in [2.45, 2.75) is 52.6 Å². The lowest BCUT2D eigenvalue weighted by molar-refractivity contribution is -0.115. The average molecular weight is 416 g/mol. The second-order valence-corrected chi connectivity index (χ2v) is 8.46. The number of alkyl carbamates (subject to hydrolysis) is 1. The number of hydrogen-bond acceptors (Lipinski definition) is 7. The lowest BCUT2D eigenvalue weighted by Crippen LogP contribution is -2.45. The van der Waals surface area contributed by atoms with Crippen molar-refractivity contribution in [3.8, 4) is 0 Å². The van der Waals surface area contributed by atoms with Crippen molar-refractivity contribution in [3.63, 3.8) is 0 Å². The Balaban J connectivity index is 2.73. The minimum atomic E-state index is -3.95. The number of hydrogen-bond donors (Lipinski definition) is 2. The first-order valence-electron chi connectivity index (χ1n) is 8.97. The Kier molecular flexibility index (Phi) is 10.2. The summed E-state index contributed by atoms with van der Waals surface area (Å²) in [6.45, 7) is 5.88. The maximum atomic E-state index is 13.0. The monoisotopic (exact) mass is 416 g/mol. The normalized spacial score (nSPS) is 12.7. The molecule has 0 unspecified atom stereocenters. The summed E-state index contributed by atoms with van der Waals surface area (Å²) < 4.78 is 29.7. The van der Waals surface area contributed by atoms with Crippen LogP contribution in [0.2, 0.25) is 0 Å². The largest absolute Gasteiger partial charge is 0.445 e. The molecule has 0 aromatic heterocycles. The predicted octanol–water partition coefficient (Wildman–Crippen LogP) is 2.69. The molecule has 0 aliphatic carbocycles. The van der Waals surface area contributed by atoms with Crippen molar-refractivity contribution in [1.82, 2.24) is 9.99 Å². The number of benzene rings is 1. The van der Waals surface area contributed by atoms with E-state index in [0.717, 1.165) is 10.2 Å². The number of carbonyl (C=O) groups excluding carboxylic acids is 2. The Morgan fingerprint density at radius 1 is 1.18 bits per heavy atom. The van der Waals surface area contributed by atoms with Crippen LogP contribution in [0.25, 0.3) is 0 Å². The second kappa shape index (κ2) is 11.8. The third-order valence-corrected chi connectivity index (χ3v) is 5.55. The Labute approximate surface area is 165 Å². The SMILES string of the molecule is CC(C)OP(=O)(OC(C)C)N(C=O)C[C@@H](CO)NC(=O)OCc1ccccc1. The molecule has 2 amide bonds. The first-order chi connectivity index (χ1) is 13.2. The van der Waals surface area contributed by atoms with Crippen molar-refractivity contribution in [2.24, 2.45) is 0 Å². The summed E-state index contributed by atoms with van der Waals surface area (Å²) in [6.07, 6.45) is -1.41. The molecule has 10 heteroatoms. The topological polar surface area (TPSA) is 114 Å². The molecule has 0 saturated heterocycles. The molecule has 1 aromatic carbocycles. The number of ether oxygens (including phenoxy) is 1. The van der Waals surface area contributed by atoms with Crippen molar-refractivity contribution in [1.29, 1.82) is 0 Å². The fraction of sp³-hybridized carbons (Fsp3) is 0.556. The van der Waals surface area contributed by atoms with Crippen LogP contribution in [0.1, 0.15) is 33.3 Å². The van der Waals surface area contributed by atoms with Crippen LogP contribution in [0.4, 0.5) is 4.79 Å². The first-order valence-corrected chi connectivity index (χ1v) is 10.5. The van der Waals surface area contributed by atoms with Gasteiger partial charge in [-0.15, -0.1) is 0 Å². The molecule has 1 atom stereocenters. The molecule has 0 aliphatic heterocycles. The van der Waals surface area contributed by atoms with Gasteiger partial charge in [0.25, 0.3) is 0 Å². The molecular weight excluding hydrogens is 387 g/mol. The summed E-state index contributed by atoms with van der Waals surface area (Å²) in [5, 5.41) is 12.0. The summed E-state index contributed by atoms with van der Waals surface area (Å²) in [5.74, 6) is 0. The smallest absolute Gasteiger partial charge is 0.437 e. The van der Waals surface area contributed by atoms with E-state index in [1.165, 1.54) is 0 Å². The van der Waals surface area contributed by atoms with Gasteiger partial charge in [0.15, 0.2) is 0 Å². The third-order valence-electron chi connectivity index (χ3n) is 3.29. The van der Waals surface area contributed by atoms with E-state index in [-0.39, 0.29) is 13.2 Å². The Bertz CT molecular complexity index is 641. The number of aliphatic hydroxyl groups is 1. The zero-order valence-electron chi connectivity index (χ0n) is 16.6. The van der Waals surface area contributed by atoms with Crippen LogP contribution in [0.5, 0.6) is 0 Å². The quantitative estimate of drug-likeness (QED) is 0.398. The van der Waals surface area contributed by atoms with Gasteiger partial charge in [-0.1, -0.05) is 30.3 Å². The maximum Gasteiger partial charge on any atom is 0.437 e. The van der Waals surface area contributed by atoms with Gasteiger partial charge in [-0.3, -0.25) is 13.8 Å². The number of rotatable bonds is 12. The van der Waals surface area contributed by atoms with E-state index >= 15 is 0 Å². The maximum absolute atomic E-state index is 13.0. The molecule has 0 fully saturated rings. The van der Waals surface area contributed by atoms with Gasteiger partial charge < -0.3 is 15.2 Å². The molecule has 0 radical (unpaired) electrons. The van der Waals surface area contributed by atoms with E-state index < -0.39 is 38.7 Å². The predicted molar refractivity (Wildman–Crippen MR) is 103 cm³/mol. The lowest BCUT2D eigenvalue weighted by atomic mass is 10.2. The number of aliphatic hydroxyl groups excluding tert-OH is 1. The molecule has 1 rings (SSSR count). The Morgan fingerprint density at radius 2 is 1.75 bits per heavy atom. The molecule has 0 spiro atoms. The highest BCUT2D eigenvalue weighted by Gasteiger charge is 2.37. The zero-order valence-corrected chi connectivity index (χ0v) is 17.5. The van der Waals surface area contributed by atoms with Crippen LogP contribution in [0.3, 0.4) is 0 Å². The van der Waals surface area contributed by atoms with E-state index in [1.807, 2.05) is 18.2 Å². The average Bonchev–Trinajstić information content (AvgIpc) is 2.62. The minimum absolute atomic E-state index is 0.0492. The van der Waals surface area contributed by atoms with E-state index in [9.17, 15) is 19.3 Å².